The summed E-state index contributed by atoms with van der Waals surface area (Å²) in [6.07, 6.45) is 1.93. The van der Waals surface area contributed by atoms with Crippen molar-refractivity contribution in [1.29, 1.82) is 0 Å². The van der Waals surface area contributed by atoms with Crippen LogP contribution in [0.4, 0.5) is 5.69 Å². The van der Waals surface area contributed by atoms with Crippen molar-refractivity contribution in [3.8, 4) is 0 Å². The second-order valence-corrected chi connectivity index (χ2v) is 10.6. The molecule has 0 unspecified atom stereocenters. The highest BCUT2D eigenvalue weighted by molar-refractivity contribution is 6.42. The SMILES string of the molecule is CC[C@@H](C)NC(=O)[C@H](CC)N(Cc1ccc(Cl)c(Cl)c1)C(=O)CCCN1C(=O)c2cccc3cccc1c23. The Balaban J connectivity index is 1.50. The van der Waals surface area contributed by atoms with Crippen molar-refractivity contribution in [2.45, 2.75) is 65.1 Å². The van der Waals surface area contributed by atoms with E-state index in [2.05, 4.69) is 5.32 Å². The molecule has 0 spiro atoms. The van der Waals surface area contributed by atoms with E-state index in [-0.39, 0.29) is 36.7 Å². The van der Waals surface area contributed by atoms with E-state index in [1.807, 2.05) is 63.2 Å². The number of hydrogen-bond acceptors (Lipinski definition) is 3. The summed E-state index contributed by atoms with van der Waals surface area (Å²) in [7, 11) is 0. The van der Waals surface area contributed by atoms with E-state index in [9.17, 15) is 14.4 Å². The average molecular weight is 555 g/mol. The molecule has 3 aromatic rings. The number of anilines is 1. The summed E-state index contributed by atoms with van der Waals surface area (Å²) < 4.78 is 0. The number of carbonyl (C=O) groups excluding carboxylic acids is 3. The molecule has 0 fully saturated rings. The largest absolute Gasteiger partial charge is 0.352 e. The fourth-order valence-corrected chi connectivity index (χ4v) is 5.25. The van der Waals surface area contributed by atoms with E-state index in [0.29, 0.717) is 35.0 Å². The van der Waals surface area contributed by atoms with Gasteiger partial charge in [0.05, 0.1) is 15.7 Å². The number of nitrogens with zero attached hydrogens (tertiary/aromatic N) is 2. The van der Waals surface area contributed by atoms with Crippen molar-refractivity contribution in [3.05, 3.63) is 75.8 Å². The Labute approximate surface area is 233 Å². The molecule has 2 atom stereocenters. The van der Waals surface area contributed by atoms with Crippen molar-refractivity contribution in [1.82, 2.24) is 10.2 Å². The van der Waals surface area contributed by atoms with Crippen LogP contribution in [0.1, 0.15) is 62.4 Å². The minimum atomic E-state index is -0.627. The molecule has 1 heterocycles. The first kappa shape index (κ1) is 27.9. The van der Waals surface area contributed by atoms with Crippen LogP contribution >= 0.6 is 23.2 Å². The third-order valence-corrected chi connectivity index (χ3v) is 7.88. The van der Waals surface area contributed by atoms with Crippen LogP contribution in [-0.2, 0) is 16.1 Å². The maximum Gasteiger partial charge on any atom is 0.258 e. The Bertz CT molecular complexity index is 1350. The smallest absolute Gasteiger partial charge is 0.258 e. The number of amides is 3. The molecule has 1 aliphatic heterocycles. The standard InChI is InChI=1S/C30H33Cl2N3O3/c1-4-19(3)33-29(37)25(5-2)35(18-20-14-15-23(31)24(32)17-20)27(36)13-8-16-34-26-12-7-10-21-9-6-11-22(28(21)26)30(34)38/h6-7,9-12,14-15,17,19,25H,4-5,8,13,16,18H2,1-3H3,(H,33,37)/t19-,25+/m1/s1. The van der Waals surface area contributed by atoms with Crippen molar-refractivity contribution in [3.63, 3.8) is 0 Å². The summed E-state index contributed by atoms with van der Waals surface area (Å²) in [4.78, 5) is 43.3. The van der Waals surface area contributed by atoms with Crippen LogP contribution in [0.5, 0.6) is 0 Å². The lowest BCUT2D eigenvalue weighted by atomic mass is 10.1. The second-order valence-electron chi connectivity index (χ2n) is 9.75. The Kier molecular flexibility index (Phi) is 8.95. The zero-order valence-electron chi connectivity index (χ0n) is 22.0. The van der Waals surface area contributed by atoms with E-state index in [1.165, 1.54) is 0 Å². The first-order valence-electron chi connectivity index (χ1n) is 13.1. The van der Waals surface area contributed by atoms with Crippen molar-refractivity contribution < 1.29 is 14.4 Å². The minimum absolute atomic E-state index is 0.00370. The third-order valence-electron chi connectivity index (χ3n) is 7.15. The van der Waals surface area contributed by atoms with E-state index in [1.54, 1.807) is 21.9 Å². The molecular weight excluding hydrogens is 521 g/mol. The van der Waals surface area contributed by atoms with Gasteiger partial charge in [-0.3, -0.25) is 14.4 Å². The molecule has 3 amide bonds. The maximum atomic E-state index is 13.6. The molecule has 0 radical (unpaired) electrons. The molecule has 0 bridgehead atoms. The van der Waals surface area contributed by atoms with Gasteiger partial charge in [-0.25, -0.2) is 0 Å². The Morgan fingerprint density at radius 1 is 1.00 bits per heavy atom. The van der Waals surface area contributed by atoms with Gasteiger partial charge in [-0.2, -0.15) is 0 Å². The summed E-state index contributed by atoms with van der Waals surface area (Å²) in [6, 6.07) is 16.2. The fraction of sp³-hybridized carbons (Fsp3) is 0.367. The lowest BCUT2D eigenvalue weighted by Gasteiger charge is -2.32. The van der Waals surface area contributed by atoms with Gasteiger partial charge in [-0.05, 0) is 61.4 Å². The molecule has 0 aromatic heterocycles. The lowest BCUT2D eigenvalue weighted by molar-refractivity contribution is -0.141. The minimum Gasteiger partial charge on any atom is -0.352 e. The monoisotopic (exact) mass is 553 g/mol. The normalized spacial score (nSPS) is 14.0. The van der Waals surface area contributed by atoms with E-state index < -0.39 is 6.04 Å². The molecular formula is C30H33Cl2N3O3. The van der Waals surface area contributed by atoms with Gasteiger partial charge in [0.15, 0.2) is 0 Å². The molecule has 0 saturated carbocycles. The van der Waals surface area contributed by atoms with E-state index in [4.69, 9.17) is 23.2 Å². The fourth-order valence-electron chi connectivity index (χ4n) is 4.93. The molecule has 1 aliphatic rings. The Morgan fingerprint density at radius 2 is 1.74 bits per heavy atom. The Hall–Kier alpha value is -3.09. The lowest BCUT2D eigenvalue weighted by Crippen LogP contribution is -2.50. The maximum absolute atomic E-state index is 13.6. The van der Waals surface area contributed by atoms with E-state index >= 15 is 0 Å². The highest BCUT2D eigenvalue weighted by atomic mass is 35.5. The number of halogens is 2. The molecule has 4 rings (SSSR count). The van der Waals surface area contributed by atoms with E-state index in [0.717, 1.165) is 28.4 Å². The molecule has 0 saturated heterocycles. The summed E-state index contributed by atoms with van der Waals surface area (Å²) in [5, 5.41) is 5.83. The number of nitrogens with one attached hydrogen (secondary N) is 1. The number of rotatable bonds is 11. The Morgan fingerprint density at radius 3 is 2.42 bits per heavy atom. The van der Waals surface area contributed by atoms with Crippen LogP contribution < -0.4 is 10.2 Å². The quantitative estimate of drug-likeness (QED) is 0.290. The van der Waals surface area contributed by atoms with Gasteiger partial charge in [0.2, 0.25) is 11.8 Å². The van der Waals surface area contributed by atoms with Crippen LogP contribution in [0, 0.1) is 0 Å². The van der Waals surface area contributed by atoms with Crippen LogP contribution in [0.25, 0.3) is 10.8 Å². The van der Waals surface area contributed by atoms with Gasteiger partial charge < -0.3 is 15.1 Å². The molecule has 3 aromatic carbocycles. The van der Waals surface area contributed by atoms with Crippen LogP contribution in [0.15, 0.2) is 54.6 Å². The predicted octanol–water partition coefficient (Wildman–Crippen LogP) is 6.61. The zero-order chi connectivity index (χ0) is 27.4. The summed E-state index contributed by atoms with van der Waals surface area (Å²) in [5.74, 6) is -0.368. The van der Waals surface area contributed by atoms with Crippen LogP contribution in [0.2, 0.25) is 10.0 Å². The molecule has 38 heavy (non-hydrogen) atoms. The summed E-state index contributed by atoms with van der Waals surface area (Å²) in [6.45, 7) is 6.49. The summed E-state index contributed by atoms with van der Waals surface area (Å²) >= 11 is 12.3. The highest BCUT2D eigenvalue weighted by Gasteiger charge is 2.31. The number of hydrogen-bond donors (Lipinski definition) is 1. The zero-order valence-corrected chi connectivity index (χ0v) is 23.5. The van der Waals surface area contributed by atoms with Gasteiger partial charge in [-0.15, -0.1) is 0 Å². The average Bonchev–Trinajstić information content (AvgIpc) is 3.18. The van der Waals surface area contributed by atoms with Crippen molar-refractivity contribution in [2.75, 3.05) is 11.4 Å². The van der Waals surface area contributed by atoms with Crippen molar-refractivity contribution in [2.24, 2.45) is 0 Å². The van der Waals surface area contributed by atoms with Gasteiger partial charge in [0, 0.05) is 36.5 Å². The van der Waals surface area contributed by atoms with Crippen LogP contribution in [-0.4, -0.2) is 41.2 Å². The van der Waals surface area contributed by atoms with Crippen molar-refractivity contribution >= 4 is 57.4 Å². The van der Waals surface area contributed by atoms with Gasteiger partial charge >= 0.3 is 0 Å². The molecule has 1 N–H and O–H groups in total. The van der Waals surface area contributed by atoms with Gasteiger partial charge in [-0.1, -0.05) is 67.4 Å². The summed E-state index contributed by atoms with van der Waals surface area (Å²) in [5.41, 5.74) is 2.36. The van der Waals surface area contributed by atoms with Crippen LogP contribution in [0.3, 0.4) is 0 Å². The highest BCUT2D eigenvalue weighted by Crippen LogP contribution is 2.37. The predicted molar refractivity (Wildman–Crippen MR) is 154 cm³/mol. The molecule has 0 aliphatic carbocycles. The van der Waals surface area contributed by atoms with Gasteiger partial charge in [0.25, 0.3) is 5.91 Å². The number of benzene rings is 3. The molecule has 8 heteroatoms. The number of carbonyl (C=O) groups is 3. The topological polar surface area (TPSA) is 69.7 Å². The molecule has 200 valence electrons. The van der Waals surface area contributed by atoms with Gasteiger partial charge in [0.1, 0.15) is 6.04 Å². The molecule has 6 nitrogen and oxygen atoms in total. The second kappa shape index (κ2) is 12.2. The first-order chi connectivity index (χ1) is 18.2. The first-order valence-corrected chi connectivity index (χ1v) is 13.9. The third kappa shape index (κ3) is 5.82.